The molecule has 0 aliphatic heterocycles. The average Bonchev–Trinajstić information content (AvgIpc) is 3.17. The first-order chi connectivity index (χ1) is 14.7. The smallest absolute Gasteiger partial charge is 0.322 e. The second-order valence-corrected chi connectivity index (χ2v) is 7.80. The van der Waals surface area contributed by atoms with E-state index in [0.29, 0.717) is 10.6 Å². The number of carbonyl (C=O) groups is 1. The monoisotopic (exact) mass is 465 g/mol. The maximum absolute atomic E-state index is 14.0. The number of amides is 1. The van der Waals surface area contributed by atoms with E-state index >= 15 is 0 Å². The van der Waals surface area contributed by atoms with Crippen molar-refractivity contribution < 1.29 is 18.0 Å². The fourth-order valence-corrected chi connectivity index (χ4v) is 4.04. The minimum absolute atomic E-state index is 0.106. The second-order valence-electron chi connectivity index (χ2n) is 6.44. The molecule has 0 saturated carbocycles. The van der Waals surface area contributed by atoms with Gasteiger partial charge in [0.15, 0.2) is 0 Å². The lowest BCUT2D eigenvalue weighted by molar-refractivity contribution is -0.116. The number of benzene rings is 2. The van der Waals surface area contributed by atoms with Gasteiger partial charge in [-0.05, 0) is 41.8 Å². The molecule has 0 atom stereocenters. The highest BCUT2D eigenvalue weighted by atomic mass is 35.5. The Balaban J connectivity index is 1.81. The quantitative estimate of drug-likeness (QED) is 0.496. The third-order valence-electron chi connectivity index (χ3n) is 4.37. The average molecular weight is 466 g/mol. The maximum atomic E-state index is 14.0. The number of fused-ring (bicyclic) bond motifs is 1. The van der Waals surface area contributed by atoms with Crippen molar-refractivity contribution in [3.8, 4) is 5.69 Å². The number of thiophene rings is 1. The summed E-state index contributed by atoms with van der Waals surface area (Å²) < 4.78 is 43.0. The molecule has 6 nitrogen and oxygen atoms in total. The van der Waals surface area contributed by atoms with Crippen LogP contribution >= 0.6 is 22.9 Å². The number of hydrogen-bond donors (Lipinski definition) is 1. The molecule has 0 saturated heterocycles. The van der Waals surface area contributed by atoms with Crippen molar-refractivity contribution in [2.45, 2.75) is 6.54 Å². The van der Waals surface area contributed by atoms with Crippen LogP contribution < -0.4 is 16.6 Å². The van der Waals surface area contributed by atoms with Crippen LogP contribution in [0.2, 0.25) is 5.02 Å². The van der Waals surface area contributed by atoms with Crippen LogP contribution in [0.4, 0.5) is 18.9 Å². The van der Waals surface area contributed by atoms with Gasteiger partial charge in [-0.25, -0.2) is 22.5 Å². The zero-order valence-electron chi connectivity index (χ0n) is 15.4. The predicted octanol–water partition coefficient (Wildman–Crippen LogP) is 3.92. The maximum Gasteiger partial charge on any atom is 0.336 e. The van der Waals surface area contributed by atoms with Gasteiger partial charge in [0.1, 0.15) is 28.7 Å². The minimum Gasteiger partial charge on any atom is -0.322 e. The number of rotatable bonds is 4. The Labute approximate surface area is 180 Å². The summed E-state index contributed by atoms with van der Waals surface area (Å²) in [5.41, 5.74) is -2.06. The van der Waals surface area contributed by atoms with Crippen molar-refractivity contribution in [2.75, 3.05) is 5.32 Å². The van der Waals surface area contributed by atoms with Gasteiger partial charge in [-0.1, -0.05) is 11.6 Å². The molecule has 4 rings (SSSR count). The van der Waals surface area contributed by atoms with E-state index in [1.54, 1.807) is 0 Å². The van der Waals surface area contributed by atoms with Crippen molar-refractivity contribution in [1.29, 1.82) is 0 Å². The fraction of sp³-hybridized carbons (Fsp3) is 0.0500. The topological polar surface area (TPSA) is 73.1 Å². The summed E-state index contributed by atoms with van der Waals surface area (Å²) in [6.07, 6.45) is 0. The van der Waals surface area contributed by atoms with E-state index in [2.05, 4.69) is 5.32 Å². The summed E-state index contributed by atoms with van der Waals surface area (Å²) in [6, 6.07) is 7.38. The molecular weight excluding hydrogens is 455 g/mol. The normalized spacial score (nSPS) is 11.1. The molecule has 0 aliphatic rings. The van der Waals surface area contributed by atoms with E-state index in [9.17, 15) is 27.6 Å². The molecule has 0 unspecified atom stereocenters. The van der Waals surface area contributed by atoms with Gasteiger partial charge >= 0.3 is 5.69 Å². The van der Waals surface area contributed by atoms with Crippen molar-refractivity contribution in [3.05, 3.63) is 91.2 Å². The van der Waals surface area contributed by atoms with Gasteiger partial charge in [0.05, 0.1) is 16.9 Å². The highest BCUT2D eigenvalue weighted by molar-refractivity contribution is 7.17. The molecule has 2 aromatic heterocycles. The van der Waals surface area contributed by atoms with Crippen LogP contribution in [0.1, 0.15) is 0 Å². The first kappa shape index (κ1) is 20.9. The number of carbonyl (C=O) groups excluding carboxylic acids is 1. The first-order valence-corrected chi connectivity index (χ1v) is 9.95. The number of halogens is 4. The Kier molecular flexibility index (Phi) is 5.42. The highest BCUT2D eigenvalue weighted by Gasteiger charge is 2.19. The van der Waals surface area contributed by atoms with Crippen LogP contribution in [0.5, 0.6) is 0 Å². The summed E-state index contributed by atoms with van der Waals surface area (Å²) in [5.74, 6) is -3.48. The minimum atomic E-state index is -0.979. The van der Waals surface area contributed by atoms with Crippen molar-refractivity contribution in [1.82, 2.24) is 9.13 Å². The fourth-order valence-electron chi connectivity index (χ4n) is 3.06. The second kappa shape index (κ2) is 8.05. The molecule has 1 amide bonds. The molecule has 158 valence electrons. The first-order valence-electron chi connectivity index (χ1n) is 8.69. The largest absolute Gasteiger partial charge is 0.336 e. The number of anilines is 1. The molecule has 11 heteroatoms. The Bertz CT molecular complexity index is 1440. The van der Waals surface area contributed by atoms with Crippen molar-refractivity contribution >= 4 is 44.7 Å². The zero-order chi connectivity index (χ0) is 22.3. The lowest BCUT2D eigenvalue weighted by Gasteiger charge is -2.13. The Morgan fingerprint density at radius 3 is 2.42 bits per heavy atom. The summed E-state index contributed by atoms with van der Waals surface area (Å²) >= 11 is 6.69. The van der Waals surface area contributed by atoms with Crippen LogP contribution in [-0.2, 0) is 11.3 Å². The van der Waals surface area contributed by atoms with Crippen LogP contribution in [0.3, 0.4) is 0 Å². The number of nitrogens with zero attached hydrogens (tertiary/aromatic N) is 2. The molecule has 31 heavy (non-hydrogen) atoms. The Morgan fingerprint density at radius 1 is 1.03 bits per heavy atom. The number of nitrogens with one attached hydrogen (secondary N) is 1. The van der Waals surface area contributed by atoms with E-state index < -0.39 is 41.2 Å². The van der Waals surface area contributed by atoms with Gasteiger partial charge in [0.2, 0.25) is 5.91 Å². The van der Waals surface area contributed by atoms with E-state index in [0.717, 1.165) is 34.1 Å². The van der Waals surface area contributed by atoms with Crippen LogP contribution in [0.15, 0.2) is 57.4 Å². The number of hydrogen-bond acceptors (Lipinski definition) is 4. The summed E-state index contributed by atoms with van der Waals surface area (Å²) in [4.78, 5) is 38.3. The SMILES string of the molecule is O=C(Cn1c(=O)n(-c2cc(F)cc(F)c2)c(=O)c2sccc21)Nc1ccc(Cl)cc1F. The number of aromatic nitrogens is 2. The third-order valence-corrected chi connectivity index (χ3v) is 5.49. The van der Waals surface area contributed by atoms with Gasteiger partial charge in [0.25, 0.3) is 5.56 Å². The van der Waals surface area contributed by atoms with Crippen molar-refractivity contribution in [3.63, 3.8) is 0 Å². The molecule has 0 aliphatic carbocycles. The molecule has 0 spiro atoms. The molecule has 4 aromatic rings. The summed E-state index contributed by atoms with van der Waals surface area (Å²) in [5, 5.41) is 4.00. The van der Waals surface area contributed by atoms with Crippen LogP contribution in [0.25, 0.3) is 15.9 Å². The van der Waals surface area contributed by atoms with E-state index in [4.69, 9.17) is 11.6 Å². The zero-order valence-corrected chi connectivity index (χ0v) is 16.9. The van der Waals surface area contributed by atoms with Crippen LogP contribution in [-0.4, -0.2) is 15.0 Å². The molecule has 1 N–H and O–H groups in total. The molecular formula is C20H11ClF3N3O3S. The van der Waals surface area contributed by atoms with E-state index in [1.165, 1.54) is 23.6 Å². The molecule has 0 bridgehead atoms. The van der Waals surface area contributed by atoms with Gasteiger partial charge in [-0.2, -0.15) is 0 Å². The van der Waals surface area contributed by atoms with Gasteiger partial charge < -0.3 is 5.32 Å². The van der Waals surface area contributed by atoms with E-state index in [-0.39, 0.29) is 26.6 Å². The standard InChI is InChI=1S/C20H11ClF3N3O3S/c21-10-1-2-15(14(24)5-10)25-17(28)9-26-16-3-4-31-18(16)19(29)27(20(26)30)13-7-11(22)6-12(23)8-13/h1-8H,9H2,(H,25,28). The van der Waals surface area contributed by atoms with Gasteiger partial charge in [-0.15, -0.1) is 11.3 Å². The van der Waals surface area contributed by atoms with Gasteiger partial charge in [-0.3, -0.25) is 14.2 Å². The highest BCUT2D eigenvalue weighted by Crippen LogP contribution is 2.20. The Morgan fingerprint density at radius 2 is 1.74 bits per heavy atom. The van der Waals surface area contributed by atoms with Crippen LogP contribution in [0, 0.1) is 17.5 Å². The van der Waals surface area contributed by atoms with Crippen molar-refractivity contribution in [2.24, 2.45) is 0 Å². The molecule has 0 radical (unpaired) electrons. The predicted molar refractivity (Wildman–Crippen MR) is 112 cm³/mol. The van der Waals surface area contributed by atoms with Gasteiger partial charge in [0, 0.05) is 11.1 Å². The molecule has 2 aromatic carbocycles. The molecule has 2 heterocycles. The lowest BCUT2D eigenvalue weighted by Crippen LogP contribution is -2.40. The van der Waals surface area contributed by atoms with E-state index in [1.807, 2.05) is 0 Å². The lowest BCUT2D eigenvalue weighted by atomic mass is 10.3. The summed E-state index contributed by atoms with van der Waals surface area (Å²) in [6.45, 7) is -0.577. The molecule has 0 fully saturated rings. The Hall–Kier alpha value is -3.37. The third kappa shape index (κ3) is 3.99. The summed E-state index contributed by atoms with van der Waals surface area (Å²) in [7, 11) is 0.